The van der Waals surface area contributed by atoms with Gasteiger partial charge in [0.1, 0.15) is 9.92 Å². The number of benzene rings is 1. The molecule has 0 fully saturated rings. The first-order valence-electron chi connectivity index (χ1n) is 7.43. The third-order valence-corrected chi connectivity index (χ3v) is 5.49. The van der Waals surface area contributed by atoms with Crippen molar-refractivity contribution in [2.24, 2.45) is 0 Å². The SMILES string of the molecule is CCC(CC)NS(=O)(=O)c1ccccc1Nc1nc(Cl)ncc1Cl. The van der Waals surface area contributed by atoms with Crippen LogP contribution in [0.2, 0.25) is 10.3 Å². The minimum Gasteiger partial charge on any atom is -0.338 e. The van der Waals surface area contributed by atoms with Gasteiger partial charge in [-0.2, -0.15) is 4.98 Å². The zero-order valence-electron chi connectivity index (χ0n) is 13.3. The van der Waals surface area contributed by atoms with Gasteiger partial charge in [-0.25, -0.2) is 18.1 Å². The number of nitrogens with one attached hydrogen (secondary N) is 2. The Morgan fingerprint density at radius 2 is 1.83 bits per heavy atom. The average Bonchev–Trinajstić information content (AvgIpc) is 2.56. The zero-order valence-corrected chi connectivity index (χ0v) is 15.6. The summed E-state index contributed by atoms with van der Waals surface area (Å²) in [5, 5.41) is 3.16. The monoisotopic (exact) mass is 388 g/mol. The lowest BCUT2D eigenvalue weighted by molar-refractivity contribution is 0.530. The van der Waals surface area contributed by atoms with Crippen LogP contribution in [0.1, 0.15) is 26.7 Å². The van der Waals surface area contributed by atoms with Gasteiger partial charge in [-0.1, -0.05) is 37.6 Å². The molecule has 1 aromatic heterocycles. The van der Waals surface area contributed by atoms with E-state index >= 15 is 0 Å². The van der Waals surface area contributed by atoms with Crippen LogP contribution >= 0.6 is 23.2 Å². The molecule has 0 saturated heterocycles. The van der Waals surface area contributed by atoms with Crippen molar-refractivity contribution < 1.29 is 8.42 Å². The Morgan fingerprint density at radius 1 is 1.17 bits per heavy atom. The van der Waals surface area contributed by atoms with Crippen molar-refractivity contribution in [1.29, 1.82) is 0 Å². The highest BCUT2D eigenvalue weighted by Crippen LogP contribution is 2.28. The van der Waals surface area contributed by atoms with E-state index in [2.05, 4.69) is 20.0 Å². The van der Waals surface area contributed by atoms with Gasteiger partial charge in [0, 0.05) is 6.04 Å². The summed E-state index contributed by atoms with van der Waals surface area (Å²) < 4.78 is 28.1. The Hall–Kier alpha value is -1.41. The Morgan fingerprint density at radius 3 is 2.50 bits per heavy atom. The highest BCUT2D eigenvalue weighted by atomic mass is 35.5. The van der Waals surface area contributed by atoms with Crippen molar-refractivity contribution in [3.8, 4) is 0 Å². The van der Waals surface area contributed by atoms with E-state index in [1.807, 2.05) is 13.8 Å². The van der Waals surface area contributed by atoms with Gasteiger partial charge in [0.25, 0.3) is 0 Å². The van der Waals surface area contributed by atoms with Crippen LogP contribution in [0, 0.1) is 0 Å². The van der Waals surface area contributed by atoms with Gasteiger partial charge in [0.05, 0.1) is 11.9 Å². The molecular formula is C15H18Cl2N4O2S. The summed E-state index contributed by atoms with van der Waals surface area (Å²) in [6.07, 6.45) is 2.76. The van der Waals surface area contributed by atoms with Gasteiger partial charge in [-0.15, -0.1) is 0 Å². The zero-order chi connectivity index (χ0) is 17.7. The molecule has 9 heteroatoms. The molecule has 0 amide bonds. The molecule has 0 radical (unpaired) electrons. The minimum absolute atomic E-state index is 0.0115. The van der Waals surface area contributed by atoms with Crippen molar-refractivity contribution in [3.05, 3.63) is 40.8 Å². The quantitative estimate of drug-likeness (QED) is 0.700. The van der Waals surface area contributed by atoms with E-state index in [1.165, 1.54) is 12.3 Å². The summed E-state index contributed by atoms with van der Waals surface area (Å²) in [4.78, 5) is 7.86. The number of rotatable bonds is 7. The molecule has 2 aromatic rings. The van der Waals surface area contributed by atoms with E-state index in [0.29, 0.717) is 18.5 Å². The molecule has 0 bridgehead atoms. The lowest BCUT2D eigenvalue weighted by atomic mass is 10.2. The maximum Gasteiger partial charge on any atom is 0.242 e. The largest absolute Gasteiger partial charge is 0.338 e. The number of hydrogen-bond donors (Lipinski definition) is 2. The standard InChI is InChI=1S/C15H18Cl2N4O2S/c1-3-10(4-2)21-24(22,23)13-8-6-5-7-12(13)19-14-11(16)9-18-15(17)20-14/h5-10,21H,3-4H2,1-2H3,(H,18,19,20). The molecule has 0 atom stereocenters. The van der Waals surface area contributed by atoms with Crippen LogP contribution in [0.5, 0.6) is 0 Å². The van der Waals surface area contributed by atoms with Crippen LogP contribution in [-0.4, -0.2) is 24.4 Å². The Bertz CT molecular complexity index is 811. The second kappa shape index (κ2) is 8.11. The highest BCUT2D eigenvalue weighted by molar-refractivity contribution is 7.89. The average molecular weight is 389 g/mol. The first-order chi connectivity index (χ1) is 11.4. The molecule has 6 nitrogen and oxygen atoms in total. The number of nitrogens with zero attached hydrogens (tertiary/aromatic N) is 2. The van der Waals surface area contributed by atoms with Gasteiger partial charge in [0.2, 0.25) is 15.3 Å². The Kier molecular flexibility index (Phi) is 6.40. The van der Waals surface area contributed by atoms with Crippen LogP contribution in [0.4, 0.5) is 11.5 Å². The summed E-state index contributed by atoms with van der Waals surface area (Å²) >= 11 is 11.8. The number of anilines is 2. The predicted octanol–water partition coefficient (Wildman–Crippen LogP) is 3.99. The van der Waals surface area contributed by atoms with E-state index < -0.39 is 10.0 Å². The Labute approximate surface area is 151 Å². The molecule has 0 aliphatic rings. The summed E-state index contributed by atoms with van der Waals surface area (Å²) in [6.45, 7) is 3.87. The van der Waals surface area contributed by atoms with E-state index in [0.717, 1.165) is 0 Å². The second-order valence-electron chi connectivity index (χ2n) is 5.09. The van der Waals surface area contributed by atoms with E-state index in [1.54, 1.807) is 18.2 Å². The van der Waals surface area contributed by atoms with Crippen LogP contribution < -0.4 is 10.0 Å². The fourth-order valence-electron chi connectivity index (χ4n) is 2.10. The van der Waals surface area contributed by atoms with Gasteiger partial charge in [-0.3, -0.25) is 0 Å². The van der Waals surface area contributed by atoms with E-state index in [4.69, 9.17) is 23.2 Å². The van der Waals surface area contributed by atoms with Gasteiger partial charge in [-0.05, 0) is 36.6 Å². The van der Waals surface area contributed by atoms with Crippen LogP contribution in [-0.2, 0) is 10.0 Å². The minimum atomic E-state index is -3.69. The molecule has 0 aliphatic heterocycles. The molecular weight excluding hydrogens is 371 g/mol. The van der Waals surface area contributed by atoms with Crippen LogP contribution in [0.3, 0.4) is 0 Å². The molecule has 2 rings (SSSR count). The smallest absolute Gasteiger partial charge is 0.242 e. The maximum atomic E-state index is 12.7. The molecule has 130 valence electrons. The van der Waals surface area contributed by atoms with Crippen LogP contribution in [0.15, 0.2) is 35.4 Å². The Balaban J connectivity index is 2.38. The lowest BCUT2D eigenvalue weighted by Crippen LogP contribution is -2.34. The summed E-state index contributed by atoms with van der Waals surface area (Å²) in [7, 11) is -3.69. The van der Waals surface area contributed by atoms with Crippen molar-refractivity contribution in [1.82, 2.24) is 14.7 Å². The number of halogens is 2. The van der Waals surface area contributed by atoms with Gasteiger partial charge < -0.3 is 5.32 Å². The fourth-order valence-corrected chi connectivity index (χ4v) is 3.94. The molecule has 0 unspecified atom stereocenters. The first kappa shape index (κ1) is 18.9. The van der Waals surface area contributed by atoms with Crippen molar-refractivity contribution in [2.75, 3.05) is 5.32 Å². The van der Waals surface area contributed by atoms with Crippen molar-refractivity contribution in [2.45, 2.75) is 37.6 Å². The molecule has 0 saturated carbocycles. The van der Waals surface area contributed by atoms with Crippen LogP contribution in [0.25, 0.3) is 0 Å². The summed E-state index contributed by atoms with van der Waals surface area (Å²) in [5.74, 6) is 0.238. The molecule has 1 heterocycles. The first-order valence-corrected chi connectivity index (χ1v) is 9.67. The number of para-hydroxylation sites is 1. The number of hydrogen-bond acceptors (Lipinski definition) is 5. The van der Waals surface area contributed by atoms with Gasteiger partial charge >= 0.3 is 0 Å². The topological polar surface area (TPSA) is 84.0 Å². The highest BCUT2D eigenvalue weighted by Gasteiger charge is 2.22. The normalized spacial score (nSPS) is 11.7. The third kappa shape index (κ3) is 4.57. The molecule has 0 spiro atoms. The number of sulfonamides is 1. The third-order valence-electron chi connectivity index (χ3n) is 3.45. The summed E-state index contributed by atoms with van der Waals surface area (Å²) in [6, 6.07) is 6.40. The number of aromatic nitrogens is 2. The fraction of sp³-hybridized carbons (Fsp3) is 0.333. The predicted molar refractivity (Wildman–Crippen MR) is 96.5 cm³/mol. The summed E-state index contributed by atoms with van der Waals surface area (Å²) in [5.41, 5.74) is 0.354. The lowest BCUT2D eigenvalue weighted by Gasteiger charge is -2.17. The molecule has 24 heavy (non-hydrogen) atoms. The van der Waals surface area contributed by atoms with E-state index in [-0.39, 0.29) is 27.1 Å². The van der Waals surface area contributed by atoms with Crippen molar-refractivity contribution >= 4 is 44.7 Å². The molecule has 2 N–H and O–H groups in total. The van der Waals surface area contributed by atoms with Crippen molar-refractivity contribution in [3.63, 3.8) is 0 Å². The molecule has 0 aliphatic carbocycles. The van der Waals surface area contributed by atoms with Gasteiger partial charge in [0.15, 0.2) is 5.82 Å². The second-order valence-corrected chi connectivity index (χ2v) is 7.52. The van der Waals surface area contributed by atoms with E-state index in [9.17, 15) is 8.42 Å². The maximum absolute atomic E-state index is 12.7. The molecule has 1 aromatic carbocycles.